The fourth-order valence-corrected chi connectivity index (χ4v) is 3.33. The van der Waals surface area contributed by atoms with Gasteiger partial charge in [0, 0.05) is 5.56 Å². The van der Waals surface area contributed by atoms with Gasteiger partial charge in [0.25, 0.3) is 5.56 Å². The molecule has 2 heterocycles. The summed E-state index contributed by atoms with van der Waals surface area (Å²) in [6, 6.07) is 11.2. The molecule has 0 saturated carbocycles. The quantitative estimate of drug-likeness (QED) is 0.742. The number of ether oxygens (including phenoxy) is 2. The van der Waals surface area contributed by atoms with E-state index >= 15 is 0 Å². The van der Waals surface area contributed by atoms with Crippen molar-refractivity contribution in [3.63, 3.8) is 0 Å². The Labute approximate surface area is 149 Å². The number of nitrogens with zero attached hydrogens (tertiary/aromatic N) is 1. The van der Waals surface area contributed by atoms with Crippen molar-refractivity contribution in [3.8, 4) is 11.5 Å². The van der Waals surface area contributed by atoms with Gasteiger partial charge < -0.3 is 19.4 Å². The maximum Gasteiger partial charge on any atom is 0.258 e. The number of rotatable bonds is 4. The Morgan fingerprint density at radius 3 is 2.96 bits per heavy atom. The zero-order chi connectivity index (χ0) is 17.4. The number of quaternary nitrogens is 1. The molecule has 25 heavy (non-hydrogen) atoms. The number of aromatic nitrogens is 2. The maximum absolute atomic E-state index is 12.2. The van der Waals surface area contributed by atoms with Gasteiger partial charge in [-0.3, -0.25) is 4.79 Å². The highest BCUT2D eigenvalue weighted by atomic mass is 35.5. The third kappa shape index (κ3) is 3.18. The van der Waals surface area contributed by atoms with E-state index in [9.17, 15) is 4.79 Å². The van der Waals surface area contributed by atoms with E-state index in [0.717, 1.165) is 10.5 Å². The fourth-order valence-electron chi connectivity index (χ4n) is 3.04. The molecule has 2 N–H and O–H groups in total. The number of hydrogen-bond acceptors (Lipinski definition) is 4. The third-order valence-corrected chi connectivity index (χ3v) is 4.40. The molecule has 1 atom stereocenters. The minimum absolute atomic E-state index is 0.112. The molecule has 128 valence electrons. The van der Waals surface area contributed by atoms with Gasteiger partial charge in [-0.1, -0.05) is 23.7 Å². The summed E-state index contributed by atoms with van der Waals surface area (Å²) in [5, 5.41) is 1.15. The number of para-hydroxylation sites is 1. The second-order valence-corrected chi connectivity index (χ2v) is 6.56. The van der Waals surface area contributed by atoms with Crippen LogP contribution in [0.4, 0.5) is 0 Å². The molecule has 7 heteroatoms. The summed E-state index contributed by atoms with van der Waals surface area (Å²) in [7, 11) is 2.04. The van der Waals surface area contributed by atoms with Gasteiger partial charge in [0.1, 0.15) is 13.1 Å². The molecule has 0 saturated heterocycles. The second kappa shape index (κ2) is 6.38. The summed E-state index contributed by atoms with van der Waals surface area (Å²) in [6.45, 7) is 1.50. The molecule has 3 aromatic rings. The first kappa shape index (κ1) is 15.9. The van der Waals surface area contributed by atoms with Crippen molar-refractivity contribution >= 4 is 22.5 Å². The van der Waals surface area contributed by atoms with Gasteiger partial charge >= 0.3 is 0 Å². The van der Waals surface area contributed by atoms with Crippen molar-refractivity contribution in [2.45, 2.75) is 13.1 Å². The van der Waals surface area contributed by atoms with Gasteiger partial charge in [-0.05, 0) is 24.3 Å². The second-order valence-electron chi connectivity index (χ2n) is 6.15. The van der Waals surface area contributed by atoms with E-state index < -0.39 is 0 Å². The zero-order valence-corrected chi connectivity index (χ0v) is 14.4. The monoisotopic (exact) mass is 358 g/mol. The third-order valence-electron chi connectivity index (χ3n) is 4.12. The SMILES string of the molecule is C[NH+](Cc1cc(Cl)c2c(c1)OCO2)Cc1nc2ccccc2c(=O)[nH]1. The lowest BCUT2D eigenvalue weighted by atomic mass is 10.2. The molecule has 1 aromatic heterocycles. The smallest absolute Gasteiger partial charge is 0.258 e. The Hall–Kier alpha value is -2.57. The van der Waals surface area contributed by atoms with Crippen molar-refractivity contribution in [1.29, 1.82) is 0 Å². The predicted octanol–water partition coefficient (Wildman–Crippen LogP) is 1.52. The molecular weight excluding hydrogens is 342 g/mol. The first-order valence-electron chi connectivity index (χ1n) is 7.97. The van der Waals surface area contributed by atoms with Gasteiger partial charge in [0.05, 0.1) is 23.0 Å². The molecule has 4 rings (SSSR count). The Bertz CT molecular complexity index is 1000. The van der Waals surface area contributed by atoms with Gasteiger partial charge in [-0.15, -0.1) is 0 Å². The predicted molar refractivity (Wildman–Crippen MR) is 94.2 cm³/mol. The molecule has 6 nitrogen and oxygen atoms in total. The molecule has 0 bridgehead atoms. The standard InChI is InChI=1S/C18H16ClN3O3/c1-22(8-11-6-13(19)17-15(7-11)24-10-25-17)9-16-20-14-5-3-2-4-12(14)18(23)21-16/h2-7H,8-10H2,1H3,(H,20,21,23)/p+1. The minimum atomic E-state index is -0.112. The lowest BCUT2D eigenvalue weighted by molar-refractivity contribution is -0.908. The van der Waals surface area contributed by atoms with E-state index in [2.05, 4.69) is 9.97 Å². The fraction of sp³-hybridized carbons (Fsp3) is 0.222. The molecule has 0 spiro atoms. The van der Waals surface area contributed by atoms with Crippen LogP contribution in [0.15, 0.2) is 41.2 Å². The Kier molecular flexibility index (Phi) is 4.07. The summed E-state index contributed by atoms with van der Waals surface area (Å²) in [6.07, 6.45) is 0. The van der Waals surface area contributed by atoms with Crippen LogP contribution >= 0.6 is 11.6 Å². The average molecular weight is 359 g/mol. The van der Waals surface area contributed by atoms with Crippen molar-refractivity contribution in [2.24, 2.45) is 0 Å². The van der Waals surface area contributed by atoms with Crippen molar-refractivity contribution in [2.75, 3.05) is 13.8 Å². The van der Waals surface area contributed by atoms with Crippen LogP contribution in [0.3, 0.4) is 0 Å². The molecular formula is C18H17ClN3O3+. The number of nitrogens with one attached hydrogen (secondary N) is 2. The summed E-state index contributed by atoms with van der Waals surface area (Å²) in [4.78, 5) is 20.7. The van der Waals surface area contributed by atoms with E-state index in [1.54, 1.807) is 6.07 Å². The number of benzene rings is 2. The number of aromatic amines is 1. The van der Waals surface area contributed by atoms with Crippen LogP contribution in [-0.2, 0) is 13.1 Å². The largest absolute Gasteiger partial charge is 0.454 e. The van der Waals surface area contributed by atoms with Crippen molar-refractivity contribution in [3.05, 3.63) is 63.2 Å². The van der Waals surface area contributed by atoms with Crippen LogP contribution in [0.2, 0.25) is 5.02 Å². The summed E-state index contributed by atoms with van der Waals surface area (Å²) >= 11 is 6.23. The molecule has 2 aromatic carbocycles. The first-order chi connectivity index (χ1) is 12.1. The van der Waals surface area contributed by atoms with E-state index in [1.165, 1.54) is 0 Å². The lowest BCUT2D eigenvalue weighted by Gasteiger charge is -2.14. The molecule has 0 fully saturated rings. The highest BCUT2D eigenvalue weighted by Gasteiger charge is 2.19. The summed E-state index contributed by atoms with van der Waals surface area (Å²) in [5.74, 6) is 1.93. The normalized spacial score (nSPS) is 14.0. The summed E-state index contributed by atoms with van der Waals surface area (Å²) in [5.41, 5.74) is 1.63. The Balaban J connectivity index is 1.54. The molecule has 0 radical (unpaired) electrons. The van der Waals surface area contributed by atoms with Gasteiger partial charge in [0.15, 0.2) is 17.3 Å². The number of hydrogen-bond donors (Lipinski definition) is 2. The van der Waals surface area contributed by atoms with Gasteiger partial charge in [-0.2, -0.15) is 0 Å². The van der Waals surface area contributed by atoms with Crippen LogP contribution in [0.25, 0.3) is 10.9 Å². The van der Waals surface area contributed by atoms with Crippen LogP contribution in [0, 0.1) is 0 Å². The number of halogens is 1. The highest BCUT2D eigenvalue weighted by molar-refractivity contribution is 6.32. The molecule has 0 aliphatic carbocycles. The molecule has 0 amide bonds. The van der Waals surface area contributed by atoms with Crippen LogP contribution in [0.5, 0.6) is 11.5 Å². The number of fused-ring (bicyclic) bond motifs is 2. The maximum atomic E-state index is 12.2. The minimum Gasteiger partial charge on any atom is -0.454 e. The molecule has 1 unspecified atom stereocenters. The zero-order valence-electron chi connectivity index (χ0n) is 13.6. The van der Waals surface area contributed by atoms with Gasteiger partial charge in [0.2, 0.25) is 6.79 Å². The van der Waals surface area contributed by atoms with E-state index in [0.29, 0.717) is 46.3 Å². The first-order valence-corrected chi connectivity index (χ1v) is 8.35. The van der Waals surface area contributed by atoms with Gasteiger partial charge in [-0.25, -0.2) is 4.98 Å². The van der Waals surface area contributed by atoms with Crippen LogP contribution < -0.4 is 19.9 Å². The van der Waals surface area contributed by atoms with Crippen LogP contribution in [-0.4, -0.2) is 23.8 Å². The average Bonchev–Trinajstić information content (AvgIpc) is 3.04. The lowest BCUT2D eigenvalue weighted by Crippen LogP contribution is -3.06. The number of H-pyrrole nitrogens is 1. The highest BCUT2D eigenvalue weighted by Crippen LogP contribution is 2.39. The van der Waals surface area contributed by atoms with E-state index in [-0.39, 0.29) is 12.4 Å². The van der Waals surface area contributed by atoms with E-state index in [4.69, 9.17) is 21.1 Å². The van der Waals surface area contributed by atoms with Crippen LogP contribution in [0.1, 0.15) is 11.4 Å². The molecule has 1 aliphatic rings. The van der Waals surface area contributed by atoms with E-state index in [1.807, 2.05) is 37.4 Å². The molecule has 1 aliphatic heterocycles. The van der Waals surface area contributed by atoms with Crippen molar-refractivity contribution in [1.82, 2.24) is 9.97 Å². The topological polar surface area (TPSA) is 68.7 Å². The van der Waals surface area contributed by atoms with Crippen molar-refractivity contribution < 1.29 is 14.4 Å². The summed E-state index contributed by atoms with van der Waals surface area (Å²) < 4.78 is 10.7. The Morgan fingerprint density at radius 2 is 2.08 bits per heavy atom. The Morgan fingerprint density at radius 1 is 1.24 bits per heavy atom.